The van der Waals surface area contributed by atoms with Crippen molar-refractivity contribution in [3.8, 4) is 11.5 Å². The number of nitrogens with one attached hydrogen (secondary N) is 1. The molecule has 0 saturated carbocycles. The van der Waals surface area contributed by atoms with Gasteiger partial charge in [-0.3, -0.25) is 9.69 Å². The van der Waals surface area contributed by atoms with E-state index in [9.17, 15) is 4.79 Å². The number of amides is 1. The molecule has 7 heteroatoms. The van der Waals surface area contributed by atoms with Gasteiger partial charge in [0.2, 0.25) is 17.7 Å². The Morgan fingerprint density at radius 3 is 2.88 bits per heavy atom. The number of rotatable bonds is 5. The van der Waals surface area contributed by atoms with Crippen LogP contribution in [-0.2, 0) is 11.3 Å². The van der Waals surface area contributed by atoms with Crippen LogP contribution in [0, 0.1) is 5.92 Å². The first-order valence-corrected chi connectivity index (χ1v) is 8.62. The van der Waals surface area contributed by atoms with Crippen LogP contribution in [0.5, 0.6) is 0 Å². The zero-order valence-corrected chi connectivity index (χ0v) is 14.4. The largest absolute Gasteiger partial charge is 0.419 e. The lowest BCUT2D eigenvalue weighted by atomic mass is 9.96. The monoisotopic (exact) mass is 348 g/mol. The maximum absolute atomic E-state index is 11.9. The van der Waals surface area contributed by atoms with Crippen molar-refractivity contribution >= 4 is 17.5 Å². The van der Waals surface area contributed by atoms with Gasteiger partial charge in [-0.1, -0.05) is 17.7 Å². The molecule has 1 fully saturated rings. The number of aromatic nitrogens is 2. The maximum atomic E-state index is 11.9. The van der Waals surface area contributed by atoms with Crippen LogP contribution < -0.4 is 5.32 Å². The van der Waals surface area contributed by atoms with Crippen molar-refractivity contribution in [3.63, 3.8) is 0 Å². The Morgan fingerprint density at radius 2 is 2.17 bits per heavy atom. The number of carbonyl (C=O) groups excluding carboxylic acids is 1. The predicted molar refractivity (Wildman–Crippen MR) is 91.4 cm³/mol. The van der Waals surface area contributed by atoms with E-state index in [4.69, 9.17) is 16.0 Å². The van der Waals surface area contributed by atoms with Crippen molar-refractivity contribution < 1.29 is 9.21 Å². The molecule has 1 N–H and O–H groups in total. The van der Waals surface area contributed by atoms with E-state index in [-0.39, 0.29) is 11.8 Å². The van der Waals surface area contributed by atoms with Gasteiger partial charge in [0.25, 0.3) is 0 Å². The molecule has 3 rings (SSSR count). The molecule has 0 aliphatic carbocycles. The Labute approximate surface area is 146 Å². The zero-order valence-electron chi connectivity index (χ0n) is 13.7. The summed E-state index contributed by atoms with van der Waals surface area (Å²) in [4.78, 5) is 14.1. The molecule has 0 radical (unpaired) electrons. The third kappa shape index (κ3) is 4.13. The summed E-state index contributed by atoms with van der Waals surface area (Å²) in [6.45, 7) is 4.95. The Kier molecular flexibility index (Phi) is 5.48. The minimum atomic E-state index is 0.117. The van der Waals surface area contributed by atoms with Gasteiger partial charge in [-0.05, 0) is 51.1 Å². The second-order valence-corrected chi connectivity index (χ2v) is 6.39. The number of hydrogen-bond acceptors (Lipinski definition) is 5. The Balaban J connectivity index is 1.56. The van der Waals surface area contributed by atoms with Gasteiger partial charge in [-0.2, -0.15) is 0 Å². The van der Waals surface area contributed by atoms with Crippen LogP contribution in [0.25, 0.3) is 11.5 Å². The summed E-state index contributed by atoms with van der Waals surface area (Å²) in [5.74, 6) is 1.34. The molecule has 24 heavy (non-hydrogen) atoms. The lowest BCUT2D eigenvalue weighted by Crippen LogP contribution is -2.40. The summed E-state index contributed by atoms with van der Waals surface area (Å²) >= 11 is 5.99. The summed E-state index contributed by atoms with van der Waals surface area (Å²) in [5, 5.41) is 11.7. The minimum Gasteiger partial charge on any atom is -0.419 e. The van der Waals surface area contributed by atoms with E-state index in [1.165, 1.54) is 0 Å². The van der Waals surface area contributed by atoms with Gasteiger partial charge in [0, 0.05) is 23.0 Å². The van der Waals surface area contributed by atoms with E-state index in [0.717, 1.165) is 31.5 Å². The van der Waals surface area contributed by atoms with Crippen LogP contribution in [-0.4, -0.2) is 40.6 Å². The Hall–Kier alpha value is -1.92. The molecule has 0 spiro atoms. The standard InChI is InChI=1S/C17H21ClN4O2/c1-2-19-16(23)12-6-8-22(9-7-12)11-15-20-21-17(24-15)13-4-3-5-14(18)10-13/h3-5,10,12H,2,6-9,11H2,1H3,(H,19,23). The maximum Gasteiger partial charge on any atom is 0.247 e. The number of halogens is 1. The van der Waals surface area contributed by atoms with Gasteiger partial charge in [0.05, 0.1) is 6.54 Å². The summed E-state index contributed by atoms with van der Waals surface area (Å²) in [6, 6.07) is 7.35. The Bertz CT molecular complexity index is 695. The van der Waals surface area contributed by atoms with E-state index in [2.05, 4.69) is 20.4 Å². The number of hydrogen-bond donors (Lipinski definition) is 1. The van der Waals surface area contributed by atoms with Gasteiger partial charge >= 0.3 is 0 Å². The van der Waals surface area contributed by atoms with Crippen molar-refractivity contribution in [1.29, 1.82) is 0 Å². The molecule has 1 amide bonds. The van der Waals surface area contributed by atoms with Gasteiger partial charge in [-0.25, -0.2) is 0 Å². The summed E-state index contributed by atoms with van der Waals surface area (Å²) in [7, 11) is 0. The first-order valence-electron chi connectivity index (χ1n) is 8.24. The molecule has 6 nitrogen and oxygen atoms in total. The lowest BCUT2D eigenvalue weighted by molar-refractivity contribution is -0.126. The summed E-state index contributed by atoms with van der Waals surface area (Å²) in [6.07, 6.45) is 1.72. The van der Waals surface area contributed by atoms with Crippen LogP contribution >= 0.6 is 11.6 Å². The highest BCUT2D eigenvalue weighted by atomic mass is 35.5. The quantitative estimate of drug-likeness (QED) is 0.899. The second kappa shape index (κ2) is 7.77. The number of piperidine rings is 1. The fraction of sp³-hybridized carbons (Fsp3) is 0.471. The van der Waals surface area contributed by atoms with E-state index < -0.39 is 0 Å². The normalized spacial score (nSPS) is 16.2. The van der Waals surface area contributed by atoms with Gasteiger partial charge in [0.1, 0.15) is 0 Å². The van der Waals surface area contributed by atoms with Crippen molar-refractivity contribution in [1.82, 2.24) is 20.4 Å². The molecule has 1 aromatic heterocycles. The average Bonchev–Trinajstić information content (AvgIpc) is 3.04. The van der Waals surface area contributed by atoms with Crippen LogP contribution in [0.4, 0.5) is 0 Å². The molecule has 0 unspecified atom stereocenters. The predicted octanol–water partition coefficient (Wildman–Crippen LogP) is 2.74. The molecule has 1 aliphatic heterocycles. The van der Waals surface area contributed by atoms with Crippen molar-refractivity contribution in [2.24, 2.45) is 5.92 Å². The van der Waals surface area contributed by atoms with Crippen LogP contribution in [0.15, 0.2) is 28.7 Å². The van der Waals surface area contributed by atoms with E-state index in [1.807, 2.05) is 19.1 Å². The number of benzene rings is 1. The SMILES string of the molecule is CCNC(=O)C1CCN(Cc2nnc(-c3cccc(Cl)c3)o2)CC1. The number of carbonyl (C=O) groups is 1. The third-order valence-corrected chi connectivity index (χ3v) is 4.44. The number of likely N-dealkylation sites (tertiary alicyclic amines) is 1. The highest BCUT2D eigenvalue weighted by molar-refractivity contribution is 6.30. The van der Waals surface area contributed by atoms with Crippen molar-refractivity contribution in [2.45, 2.75) is 26.3 Å². The highest BCUT2D eigenvalue weighted by Crippen LogP contribution is 2.23. The van der Waals surface area contributed by atoms with Crippen molar-refractivity contribution in [2.75, 3.05) is 19.6 Å². The van der Waals surface area contributed by atoms with Crippen molar-refractivity contribution in [3.05, 3.63) is 35.2 Å². The lowest BCUT2D eigenvalue weighted by Gasteiger charge is -2.30. The van der Waals surface area contributed by atoms with Gasteiger partial charge < -0.3 is 9.73 Å². The Morgan fingerprint density at radius 1 is 1.38 bits per heavy atom. The number of nitrogens with zero attached hydrogens (tertiary/aromatic N) is 3. The topological polar surface area (TPSA) is 71.3 Å². The third-order valence-electron chi connectivity index (χ3n) is 4.21. The smallest absolute Gasteiger partial charge is 0.247 e. The molecule has 0 atom stereocenters. The van der Waals surface area contributed by atoms with Crippen LogP contribution in [0.2, 0.25) is 5.02 Å². The van der Waals surface area contributed by atoms with E-state index in [0.29, 0.717) is 29.9 Å². The molecule has 1 saturated heterocycles. The first kappa shape index (κ1) is 16.9. The molecule has 128 valence electrons. The molecule has 2 heterocycles. The molecule has 1 aliphatic rings. The van der Waals surface area contributed by atoms with Gasteiger partial charge in [-0.15, -0.1) is 10.2 Å². The first-order chi connectivity index (χ1) is 11.7. The van der Waals surface area contributed by atoms with E-state index >= 15 is 0 Å². The fourth-order valence-corrected chi connectivity index (χ4v) is 3.11. The molecular weight excluding hydrogens is 328 g/mol. The highest BCUT2D eigenvalue weighted by Gasteiger charge is 2.25. The fourth-order valence-electron chi connectivity index (χ4n) is 2.92. The van der Waals surface area contributed by atoms with E-state index in [1.54, 1.807) is 12.1 Å². The molecule has 0 bridgehead atoms. The average molecular weight is 349 g/mol. The minimum absolute atomic E-state index is 0.117. The summed E-state index contributed by atoms with van der Waals surface area (Å²) in [5.41, 5.74) is 0.816. The zero-order chi connectivity index (χ0) is 16.9. The van der Waals surface area contributed by atoms with Crippen LogP contribution in [0.1, 0.15) is 25.7 Å². The molecule has 1 aromatic carbocycles. The van der Waals surface area contributed by atoms with Gasteiger partial charge in [0.15, 0.2) is 0 Å². The molecular formula is C17H21ClN4O2. The summed E-state index contributed by atoms with van der Waals surface area (Å²) < 4.78 is 5.74. The molecule has 2 aromatic rings. The van der Waals surface area contributed by atoms with Crippen LogP contribution in [0.3, 0.4) is 0 Å². The second-order valence-electron chi connectivity index (χ2n) is 5.96.